The Bertz CT molecular complexity index is 632. The molecule has 7 nitrogen and oxygen atoms in total. The standard InChI is InChI=1S/C18H26N2O5/c1-6-7-23-17(22)15-9-14(24-18(3,4)5)11-20(15)16(21)10-13-8-12(2)19-25-13/h6,8,14-15H,1,7,9-11H2,2-5H3/t14?,15-/m0/s1. The number of amides is 1. The highest BCUT2D eigenvalue weighted by atomic mass is 16.5. The Balaban J connectivity index is 2.10. The molecule has 0 aliphatic carbocycles. The van der Waals surface area contributed by atoms with E-state index in [1.54, 1.807) is 13.0 Å². The molecular formula is C18H26N2O5. The Morgan fingerprint density at radius 1 is 1.48 bits per heavy atom. The number of ether oxygens (including phenoxy) is 2. The molecule has 1 aliphatic rings. The summed E-state index contributed by atoms with van der Waals surface area (Å²) in [6, 6.07) is 1.05. The number of likely N-dealkylation sites (tertiary alicyclic amines) is 1. The first-order valence-electron chi connectivity index (χ1n) is 8.36. The van der Waals surface area contributed by atoms with Crippen LogP contribution < -0.4 is 0 Å². The molecule has 138 valence electrons. The monoisotopic (exact) mass is 350 g/mol. The molecule has 1 amide bonds. The van der Waals surface area contributed by atoms with E-state index in [2.05, 4.69) is 11.7 Å². The van der Waals surface area contributed by atoms with Crippen molar-refractivity contribution in [3.8, 4) is 0 Å². The number of carbonyl (C=O) groups excluding carboxylic acids is 2. The second-order valence-electron chi connectivity index (χ2n) is 7.18. The highest BCUT2D eigenvalue weighted by molar-refractivity contribution is 5.86. The van der Waals surface area contributed by atoms with Crippen LogP contribution in [0.15, 0.2) is 23.2 Å². The zero-order valence-electron chi connectivity index (χ0n) is 15.3. The van der Waals surface area contributed by atoms with Crippen LogP contribution in [0, 0.1) is 6.92 Å². The second-order valence-corrected chi connectivity index (χ2v) is 7.18. The van der Waals surface area contributed by atoms with Gasteiger partial charge in [-0.15, -0.1) is 0 Å². The highest BCUT2D eigenvalue weighted by Gasteiger charge is 2.42. The summed E-state index contributed by atoms with van der Waals surface area (Å²) in [6.45, 7) is 11.6. The number of aromatic nitrogens is 1. The summed E-state index contributed by atoms with van der Waals surface area (Å²) >= 11 is 0. The fourth-order valence-corrected chi connectivity index (χ4v) is 2.87. The largest absolute Gasteiger partial charge is 0.460 e. The van der Waals surface area contributed by atoms with Gasteiger partial charge >= 0.3 is 5.97 Å². The minimum absolute atomic E-state index is 0.0499. The first kappa shape index (κ1) is 19.2. The third-order valence-corrected chi connectivity index (χ3v) is 3.72. The van der Waals surface area contributed by atoms with Gasteiger partial charge in [-0.2, -0.15) is 0 Å². The Morgan fingerprint density at radius 3 is 2.76 bits per heavy atom. The molecule has 1 aromatic heterocycles. The van der Waals surface area contributed by atoms with Gasteiger partial charge in [0.2, 0.25) is 5.91 Å². The molecule has 1 fully saturated rings. The van der Waals surface area contributed by atoms with Crippen LogP contribution in [0.1, 0.15) is 38.6 Å². The van der Waals surface area contributed by atoms with Gasteiger partial charge in [-0.25, -0.2) is 4.79 Å². The molecule has 0 aromatic carbocycles. The van der Waals surface area contributed by atoms with Crippen molar-refractivity contribution >= 4 is 11.9 Å². The number of hydrogen-bond donors (Lipinski definition) is 0. The van der Waals surface area contributed by atoms with Gasteiger partial charge in [0.1, 0.15) is 18.4 Å². The van der Waals surface area contributed by atoms with E-state index in [-0.39, 0.29) is 30.6 Å². The van der Waals surface area contributed by atoms with Crippen molar-refractivity contribution in [1.29, 1.82) is 0 Å². The van der Waals surface area contributed by atoms with E-state index in [0.29, 0.717) is 24.4 Å². The van der Waals surface area contributed by atoms with Crippen molar-refractivity contribution < 1.29 is 23.6 Å². The lowest BCUT2D eigenvalue weighted by molar-refractivity contribution is -0.152. The Hall–Kier alpha value is -2.15. The molecule has 1 unspecified atom stereocenters. The van der Waals surface area contributed by atoms with Gasteiger partial charge in [0, 0.05) is 19.0 Å². The van der Waals surface area contributed by atoms with Crippen LogP contribution in [0.3, 0.4) is 0 Å². The quantitative estimate of drug-likeness (QED) is 0.577. The molecule has 1 aliphatic heterocycles. The van der Waals surface area contributed by atoms with Crippen molar-refractivity contribution in [1.82, 2.24) is 10.1 Å². The molecule has 0 radical (unpaired) electrons. The van der Waals surface area contributed by atoms with Crippen molar-refractivity contribution in [2.75, 3.05) is 13.2 Å². The van der Waals surface area contributed by atoms with Gasteiger partial charge < -0.3 is 18.9 Å². The van der Waals surface area contributed by atoms with Crippen molar-refractivity contribution in [2.24, 2.45) is 0 Å². The number of hydrogen-bond acceptors (Lipinski definition) is 6. The summed E-state index contributed by atoms with van der Waals surface area (Å²) in [5, 5.41) is 3.78. The lowest BCUT2D eigenvalue weighted by Gasteiger charge is -2.25. The number of esters is 1. The fraction of sp³-hybridized carbons (Fsp3) is 0.611. The van der Waals surface area contributed by atoms with Gasteiger partial charge in [0.05, 0.1) is 23.8 Å². The van der Waals surface area contributed by atoms with Gasteiger partial charge in [-0.3, -0.25) is 4.79 Å². The van der Waals surface area contributed by atoms with E-state index in [4.69, 9.17) is 14.0 Å². The molecule has 0 saturated carbocycles. The molecular weight excluding hydrogens is 324 g/mol. The first-order chi connectivity index (χ1) is 11.7. The van der Waals surface area contributed by atoms with Gasteiger partial charge in [-0.05, 0) is 27.7 Å². The van der Waals surface area contributed by atoms with E-state index in [1.807, 2.05) is 20.8 Å². The summed E-state index contributed by atoms with van der Waals surface area (Å²) in [6.07, 6.45) is 1.74. The average Bonchev–Trinajstić information content (AvgIpc) is 3.09. The van der Waals surface area contributed by atoms with Gasteiger partial charge in [0.15, 0.2) is 0 Å². The van der Waals surface area contributed by atoms with Crippen LogP contribution in [0.2, 0.25) is 0 Å². The van der Waals surface area contributed by atoms with Crippen LogP contribution in [-0.2, 0) is 25.5 Å². The van der Waals surface area contributed by atoms with E-state index in [9.17, 15) is 9.59 Å². The predicted octanol–water partition coefficient (Wildman–Crippen LogP) is 2.04. The zero-order valence-corrected chi connectivity index (χ0v) is 15.3. The summed E-state index contributed by atoms with van der Waals surface area (Å²) < 4.78 is 16.2. The second kappa shape index (κ2) is 7.82. The van der Waals surface area contributed by atoms with E-state index < -0.39 is 12.0 Å². The van der Waals surface area contributed by atoms with Crippen LogP contribution in [0.5, 0.6) is 0 Å². The maximum atomic E-state index is 12.7. The SMILES string of the molecule is C=CCOC(=O)[C@@H]1CC(OC(C)(C)C)CN1C(=O)Cc1cc(C)no1. The molecule has 7 heteroatoms. The van der Waals surface area contributed by atoms with E-state index >= 15 is 0 Å². The minimum atomic E-state index is -0.663. The van der Waals surface area contributed by atoms with Crippen LogP contribution in [0.4, 0.5) is 0 Å². The van der Waals surface area contributed by atoms with Crippen molar-refractivity contribution in [3.63, 3.8) is 0 Å². The van der Waals surface area contributed by atoms with Gasteiger partial charge in [0.25, 0.3) is 0 Å². The normalized spacial score (nSPS) is 20.6. The summed E-state index contributed by atoms with van der Waals surface area (Å²) in [4.78, 5) is 26.5. The first-order valence-corrected chi connectivity index (χ1v) is 8.36. The third kappa shape index (κ3) is 5.42. The fourth-order valence-electron chi connectivity index (χ4n) is 2.87. The van der Waals surface area contributed by atoms with E-state index in [0.717, 1.165) is 0 Å². The predicted molar refractivity (Wildman–Crippen MR) is 90.8 cm³/mol. The maximum absolute atomic E-state index is 12.7. The molecule has 0 N–H and O–H groups in total. The maximum Gasteiger partial charge on any atom is 0.329 e. The minimum Gasteiger partial charge on any atom is -0.460 e. The molecule has 0 spiro atoms. The average molecular weight is 350 g/mol. The molecule has 2 rings (SSSR count). The number of carbonyl (C=O) groups is 2. The molecule has 0 bridgehead atoms. The molecule has 25 heavy (non-hydrogen) atoms. The van der Waals surface area contributed by atoms with Crippen molar-refractivity contribution in [2.45, 2.75) is 58.3 Å². The number of nitrogens with zero attached hydrogens (tertiary/aromatic N) is 2. The molecule has 2 heterocycles. The zero-order chi connectivity index (χ0) is 18.6. The number of rotatable bonds is 6. The number of aryl methyl sites for hydroxylation is 1. The summed E-state index contributed by atoms with van der Waals surface area (Å²) in [5.74, 6) is -0.181. The van der Waals surface area contributed by atoms with Gasteiger partial charge in [-0.1, -0.05) is 17.8 Å². The smallest absolute Gasteiger partial charge is 0.329 e. The van der Waals surface area contributed by atoms with Crippen LogP contribution in [0.25, 0.3) is 0 Å². The van der Waals surface area contributed by atoms with Crippen LogP contribution in [-0.4, -0.2) is 52.8 Å². The molecule has 1 aromatic rings. The third-order valence-electron chi connectivity index (χ3n) is 3.72. The highest BCUT2D eigenvalue weighted by Crippen LogP contribution is 2.26. The Kier molecular flexibility index (Phi) is 6.00. The summed E-state index contributed by atoms with van der Waals surface area (Å²) in [7, 11) is 0. The Labute approximate surface area is 147 Å². The van der Waals surface area contributed by atoms with Crippen molar-refractivity contribution in [3.05, 3.63) is 30.2 Å². The summed E-state index contributed by atoms with van der Waals surface area (Å²) in [5.41, 5.74) is 0.349. The lowest BCUT2D eigenvalue weighted by atomic mass is 10.1. The van der Waals surface area contributed by atoms with Crippen LogP contribution >= 0.6 is 0 Å². The Morgan fingerprint density at radius 2 is 2.20 bits per heavy atom. The topological polar surface area (TPSA) is 81.9 Å². The van der Waals surface area contributed by atoms with E-state index in [1.165, 1.54) is 11.0 Å². The molecule has 2 atom stereocenters. The molecule has 1 saturated heterocycles. The lowest BCUT2D eigenvalue weighted by Crippen LogP contribution is -2.42.